The van der Waals surface area contributed by atoms with E-state index in [0.29, 0.717) is 18.6 Å². The maximum Gasteiger partial charge on any atom is 0.229 e. The summed E-state index contributed by atoms with van der Waals surface area (Å²) in [5, 5.41) is 6.11. The number of aliphatic imine (C=N–C) groups is 1. The van der Waals surface area contributed by atoms with Crippen molar-refractivity contribution in [3.8, 4) is 5.75 Å². The highest BCUT2D eigenvalue weighted by Crippen LogP contribution is 2.41. The number of likely N-dealkylation sites (N-methyl/N-ethyl adjacent to an activating group) is 1. The Morgan fingerprint density at radius 2 is 2.05 bits per heavy atom. The minimum Gasteiger partial charge on any atom is -0.488 e. The van der Waals surface area contributed by atoms with E-state index in [-0.39, 0.29) is 45.3 Å². The van der Waals surface area contributed by atoms with Gasteiger partial charge in [0.1, 0.15) is 10.8 Å². The van der Waals surface area contributed by atoms with Crippen molar-refractivity contribution < 1.29 is 17.9 Å². The summed E-state index contributed by atoms with van der Waals surface area (Å²) in [7, 11) is 1.70. The summed E-state index contributed by atoms with van der Waals surface area (Å²) >= 11 is 6.42. The predicted octanol–water partition coefficient (Wildman–Crippen LogP) is 4.86. The van der Waals surface area contributed by atoms with Crippen LogP contribution in [0.15, 0.2) is 34.0 Å². The first-order chi connectivity index (χ1) is 20.4. The number of nitrogens with zero attached hydrogens (tertiary/aromatic N) is 4. The van der Waals surface area contributed by atoms with Crippen LogP contribution in [0.3, 0.4) is 0 Å². The summed E-state index contributed by atoms with van der Waals surface area (Å²) in [6.07, 6.45) is 7.09. The minimum absolute atomic E-state index is 0.0811. The summed E-state index contributed by atoms with van der Waals surface area (Å²) in [6, 6.07) is 4.60. The van der Waals surface area contributed by atoms with Crippen LogP contribution in [0.25, 0.3) is 0 Å². The number of halogens is 1. The number of sulfone groups is 1. The molecule has 2 aromatic rings. The fourth-order valence-electron chi connectivity index (χ4n) is 5.29. The number of benzene rings is 1. The number of nitrogens with two attached hydrogens (primary N) is 1. The molecule has 4 rings (SSSR count). The van der Waals surface area contributed by atoms with Gasteiger partial charge in [0, 0.05) is 26.4 Å². The van der Waals surface area contributed by atoms with E-state index in [4.69, 9.17) is 26.8 Å². The molecule has 236 valence electrons. The first kappa shape index (κ1) is 33.0. The molecule has 1 aliphatic carbocycles. The Hall–Kier alpha value is -2.93. The Morgan fingerprint density at radius 1 is 1.30 bits per heavy atom. The van der Waals surface area contributed by atoms with Gasteiger partial charge in [0.15, 0.2) is 20.7 Å². The van der Waals surface area contributed by atoms with Crippen molar-refractivity contribution in [3.63, 3.8) is 0 Å². The number of allylic oxidation sites excluding steroid dienone is 1. The summed E-state index contributed by atoms with van der Waals surface area (Å²) in [5.41, 5.74) is 9.35. The van der Waals surface area contributed by atoms with E-state index in [2.05, 4.69) is 56.6 Å². The van der Waals surface area contributed by atoms with Gasteiger partial charge in [-0.2, -0.15) is 4.98 Å². The van der Waals surface area contributed by atoms with Crippen molar-refractivity contribution in [1.82, 2.24) is 14.9 Å². The zero-order valence-corrected chi connectivity index (χ0v) is 27.4. The second kappa shape index (κ2) is 14.2. The quantitative estimate of drug-likeness (QED) is 0.262. The topological polar surface area (TPSA) is 144 Å². The van der Waals surface area contributed by atoms with E-state index in [1.165, 1.54) is 25.0 Å². The molecule has 1 aromatic carbocycles. The van der Waals surface area contributed by atoms with Crippen molar-refractivity contribution in [2.45, 2.75) is 64.5 Å². The molecule has 1 aliphatic heterocycles. The number of likely N-dealkylation sites (tertiary alicyclic amines) is 1. The molecular formula is C30H44ClN7O4S. The third-order valence-electron chi connectivity index (χ3n) is 7.65. The molecule has 11 nitrogen and oxygen atoms in total. The molecule has 2 heterocycles. The zero-order chi connectivity index (χ0) is 31.3. The van der Waals surface area contributed by atoms with Crippen molar-refractivity contribution in [3.05, 3.63) is 45.2 Å². The average molecular weight is 634 g/mol. The summed E-state index contributed by atoms with van der Waals surface area (Å²) in [4.78, 5) is 15.3. The summed E-state index contributed by atoms with van der Waals surface area (Å²) < 4.78 is 37.5. The Kier molecular flexibility index (Phi) is 10.9. The monoisotopic (exact) mass is 633 g/mol. The van der Waals surface area contributed by atoms with Gasteiger partial charge in [0.2, 0.25) is 5.95 Å². The number of hydrogen-bond acceptors (Lipinski definition) is 11. The van der Waals surface area contributed by atoms with Crippen molar-refractivity contribution in [2.75, 3.05) is 50.7 Å². The number of aryl methyl sites for hydroxylation is 1. The van der Waals surface area contributed by atoms with Gasteiger partial charge < -0.3 is 30.7 Å². The molecule has 0 radical (unpaired) electrons. The molecule has 2 fully saturated rings. The first-order valence-electron chi connectivity index (χ1n) is 14.6. The van der Waals surface area contributed by atoms with Crippen LogP contribution < -0.4 is 21.1 Å². The SMILES string of the molecule is CN=CC(Nc1nc(Nc2cc(C)c(C3CCN(C)C(COC)C3)cc2OC2CC2)ncc1Cl)=C(N)S(=O)(=O)CC(C)C. The van der Waals surface area contributed by atoms with Crippen LogP contribution in [0, 0.1) is 12.8 Å². The van der Waals surface area contributed by atoms with E-state index < -0.39 is 9.84 Å². The van der Waals surface area contributed by atoms with Gasteiger partial charge in [-0.05, 0) is 81.3 Å². The van der Waals surface area contributed by atoms with E-state index in [1.54, 1.807) is 7.11 Å². The van der Waals surface area contributed by atoms with Gasteiger partial charge in [-0.15, -0.1) is 0 Å². The largest absolute Gasteiger partial charge is 0.488 e. The molecule has 0 spiro atoms. The molecule has 4 N–H and O–H groups in total. The van der Waals surface area contributed by atoms with Gasteiger partial charge in [-0.1, -0.05) is 25.4 Å². The highest BCUT2D eigenvalue weighted by molar-refractivity contribution is 7.95. The predicted molar refractivity (Wildman–Crippen MR) is 173 cm³/mol. The van der Waals surface area contributed by atoms with Crippen molar-refractivity contribution in [2.24, 2.45) is 16.6 Å². The van der Waals surface area contributed by atoms with Crippen LogP contribution >= 0.6 is 11.6 Å². The molecule has 0 bridgehead atoms. The van der Waals surface area contributed by atoms with Crippen LogP contribution in [0.1, 0.15) is 56.6 Å². The number of piperidine rings is 1. The molecule has 1 aromatic heterocycles. The number of methoxy groups -OCH3 is 1. The Morgan fingerprint density at radius 3 is 2.70 bits per heavy atom. The fraction of sp³-hybridized carbons (Fsp3) is 0.567. The first-order valence-corrected chi connectivity index (χ1v) is 16.7. The number of aromatic nitrogens is 2. The Bertz CT molecular complexity index is 1460. The molecule has 1 saturated carbocycles. The smallest absolute Gasteiger partial charge is 0.229 e. The maximum absolute atomic E-state index is 12.8. The Balaban J connectivity index is 1.63. The molecule has 13 heteroatoms. The number of nitrogens with one attached hydrogen (secondary N) is 2. The van der Waals surface area contributed by atoms with E-state index in [1.807, 2.05) is 13.8 Å². The molecular weight excluding hydrogens is 590 g/mol. The fourth-order valence-corrected chi connectivity index (χ4v) is 6.92. The van der Waals surface area contributed by atoms with Gasteiger partial charge >= 0.3 is 0 Å². The summed E-state index contributed by atoms with van der Waals surface area (Å²) in [5.74, 6) is 1.39. The third-order valence-corrected chi connectivity index (χ3v) is 9.92. The molecule has 43 heavy (non-hydrogen) atoms. The molecule has 1 saturated heterocycles. The highest BCUT2D eigenvalue weighted by Gasteiger charge is 2.30. The molecule has 0 amide bonds. The van der Waals surface area contributed by atoms with E-state index in [9.17, 15) is 8.42 Å². The lowest BCUT2D eigenvalue weighted by atomic mass is 9.83. The number of hydrogen-bond donors (Lipinski definition) is 3. The number of anilines is 3. The van der Waals surface area contributed by atoms with Crippen molar-refractivity contribution >= 4 is 45.1 Å². The lowest BCUT2D eigenvalue weighted by molar-refractivity contribution is 0.0750. The van der Waals surface area contributed by atoms with Crippen LogP contribution in [-0.4, -0.2) is 81.8 Å². The molecule has 2 atom stereocenters. The van der Waals surface area contributed by atoms with Crippen LogP contribution in [0.4, 0.5) is 17.5 Å². The molecule has 2 aliphatic rings. The third kappa shape index (κ3) is 8.59. The van der Waals surface area contributed by atoms with E-state index >= 15 is 0 Å². The second-order valence-electron chi connectivity index (χ2n) is 11.8. The maximum atomic E-state index is 12.8. The minimum atomic E-state index is -3.74. The van der Waals surface area contributed by atoms with Crippen LogP contribution in [0.5, 0.6) is 5.75 Å². The second-order valence-corrected chi connectivity index (χ2v) is 14.2. The van der Waals surface area contributed by atoms with E-state index in [0.717, 1.165) is 49.2 Å². The number of ether oxygens (including phenoxy) is 2. The van der Waals surface area contributed by atoms with Gasteiger partial charge in [0.25, 0.3) is 0 Å². The number of rotatable bonds is 13. The highest BCUT2D eigenvalue weighted by atomic mass is 35.5. The van der Waals surface area contributed by atoms with Crippen LogP contribution in [0.2, 0.25) is 5.02 Å². The lowest BCUT2D eigenvalue weighted by Gasteiger charge is -2.37. The average Bonchev–Trinajstić information content (AvgIpc) is 3.76. The zero-order valence-electron chi connectivity index (χ0n) is 25.9. The Labute approximate surface area is 260 Å². The van der Waals surface area contributed by atoms with Gasteiger partial charge in [-0.25, -0.2) is 13.4 Å². The standard InChI is InChI=1S/C30H44ClN7O4S/c1-18(2)17-43(39,40)28(32)26(15-33-4)35-29-24(31)14-34-30(37-29)36-25-11-19(3)23(13-27(25)42-22-7-8-22)20-9-10-38(5)21(12-20)16-41-6/h11,13-15,18,20-22H,7-10,12,16-17,32H2,1-6H3,(H2,34,35,36,37). The van der Waals surface area contributed by atoms with Crippen LogP contribution in [-0.2, 0) is 14.6 Å². The molecule has 2 unspecified atom stereocenters. The summed E-state index contributed by atoms with van der Waals surface area (Å²) in [6.45, 7) is 7.45. The normalized spacial score (nSPS) is 20.4. The van der Waals surface area contributed by atoms with Crippen molar-refractivity contribution in [1.29, 1.82) is 0 Å². The lowest BCUT2D eigenvalue weighted by Crippen LogP contribution is -2.41. The van der Waals surface area contributed by atoms with Gasteiger partial charge in [0.05, 0.1) is 36.0 Å². The van der Waals surface area contributed by atoms with Gasteiger partial charge in [-0.3, -0.25) is 4.99 Å².